The van der Waals surface area contributed by atoms with E-state index in [9.17, 15) is 9.59 Å². The van der Waals surface area contributed by atoms with E-state index in [0.29, 0.717) is 25.0 Å². The van der Waals surface area contributed by atoms with Crippen LogP contribution in [-0.2, 0) is 28.0 Å². The van der Waals surface area contributed by atoms with Crippen molar-refractivity contribution in [3.05, 3.63) is 59.4 Å². The van der Waals surface area contributed by atoms with Crippen LogP contribution in [0.3, 0.4) is 0 Å². The van der Waals surface area contributed by atoms with Crippen molar-refractivity contribution in [2.24, 2.45) is 0 Å². The van der Waals surface area contributed by atoms with Crippen LogP contribution >= 0.6 is 0 Å². The van der Waals surface area contributed by atoms with Gasteiger partial charge in [0.25, 0.3) is 0 Å². The lowest BCUT2D eigenvalue weighted by molar-refractivity contribution is -0.121. The fourth-order valence-corrected chi connectivity index (χ4v) is 4.10. The highest BCUT2D eigenvalue weighted by molar-refractivity contribution is 6.05. The molecule has 1 saturated carbocycles. The summed E-state index contributed by atoms with van der Waals surface area (Å²) in [6, 6.07) is 2.95. The second-order valence-corrected chi connectivity index (χ2v) is 7.73. The lowest BCUT2D eigenvalue weighted by Gasteiger charge is -2.35. The third-order valence-electron chi connectivity index (χ3n) is 5.97. The van der Waals surface area contributed by atoms with E-state index in [1.807, 2.05) is 6.07 Å². The third kappa shape index (κ3) is 3.36. The topological polar surface area (TPSA) is 68.7 Å². The number of anilines is 1. The molecule has 0 radical (unpaired) electrons. The number of ketones is 1. The highest BCUT2D eigenvalue weighted by atomic mass is 19.1. The number of hydrogen-bond acceptors (Lipinski definition) is 5. The molecule has 0 unspecified atom stereocenters. The minimum Gasteiger partial charge on any atom is -0.493 e. The van der Waals surface area contributed by atoms with Crippen molar-refractivity contribution < 1.29 is 27.8 Å². The number of allylic oxidation sites excluding steroid dienone is 1. The normalized spacial score (nSPS) is 16.1. The van der Waals surface area contributed by atoms with E-state index in [0.717, 1.165) is 22.1 Å². The summed E-state index contributed by atoms with van der Waals surface area (Å²) in [5, 5.41) is 0. The zero-order valence-corrected chi connectivity index (χ0v) is 17.3. The SMILES string of the molecule is C=CC(=O)CCc1cc2c(cn1)CN(c1c(F)c(OC)cc(OC)c1F)C(=O)C21CC1. The van der Waals surface area contributed by atoms with Gasteiger partial charge in [-0.2, -0.15) is 0 Å². The molecular weight excluding hydrogens is 406 g/mol. The molecule has 0 N–H and O–H groups in total. The number of aryl methyl sites for hydroxylation is 1. The van der Waals surface area contributed by atoms with E-state index >= 15 is 8.78 Å². The summed E-state index contributed by atoms with van der Waals surface area (Å²) in [7, 11) is 2.52. The Morgan fingerprint density at radius 3 is 2.42 bits per heavy atom. The number of benzene rings is 1. The molecule has 162 valence electrons. The van der Waals surface area contributed by atoms with Gasteiger partial charge in [0.05, 0.1) is 26.2 Å². The fraction of sp³-hybridized carbons (Fsp3) is 0.348. The Kier molecular flexibility index (Phi) is 5.24. The van der Waals surface area contributed by atoms with Crippen molar-refractivity contribution in [1.82, 2.24) is 4.98 Å². The molecule has 2 aliphatic rings. The number of methoxy groups -OCH3 is 2. The minimum absolute atomic E-state index is 0.0288. The quantitative estimate of drug-likeness (QED) is 0.630. The molecule has 1 amide bonds. The van der Waals surface area contributed by atoms with Crippen LogP contribution in [0.5, 0.6) is 11.5 Å². The Balaban J connectivity index is 1.76. The fourth-order valence-electron chi connectivity index (χ4n) is 4.10. The van der Waals surface area contributed by atoms with Gasteiger partial charge in [-0.05, 0) is 42.5 Å². The Morgan fingerprint density at radius 2 is 1.87 bits per heavy atom. The molecule has 6 nitrogen and oxygen atoms in total. The van der Waals surface area contributed by atoms with Gasteiger partial charge < -0.3 is 14.4 Å². The van der Waals surface area contributed by atoms with Gasteiger partial charge in [-0.3, -0.25) is 14.6 Å². The predicted molar refractivity (Wildman–Crippen MR) is 109 cm³/mol. The monoisotopic (exact) mass is 428 g/mol. The van der Waals surface area contributed by atoms with Gasteiger partial charge in [0.15, 0.2) is 28.9 Å². The number of ether oxygens (including phenoxy) is 2. The first-order chi connectivity index (χ1) is 14.9. The summed E-state index contributed by atoms with van der Waals surface area (Å²) in [6.07, 6.45) is 4.76. The van der Waals surface area contributed by atoms with Gasteiger partial charge in [0, 0.05) is 24.4 Å². The largest absolute Gasteiger partial charge is 0.493 e. The van der Waals surface area contributed by atoms with Gasteiger partial charge in [-0.25, -0.2) is 8.78 Å². The molecular formula is C23H22F2N2O4. The van der Waals surface area contributed by atoms with Gasteiger partial charge in [-0.1, -0.05) is 6.58 Å². The molecule has 4 rings (SSSR count). The maximum absolute atomic E-state index is 15.1. The summed E-state index contributed by atoms with van der Waals surface area (Å²) in [4.78, 5) is 30.5. The summed E-state index contributed by atoms with van der Waals surface area (Å²) in [5.41, 5.74) is 0.917. The Hall–Kier alpha value is -3.29. The van der Waals surface area contributed by atoms with Gasteiger partial charge in [-0.15, -0.1) is 0 Å². The van der Waals surface area contributed by atoms with Crippen LogP contribution in [0, 0.1) is 11.6 Å². The van der Waals surface area contributed by atoms with E-state index < -0.39 is 22.7 Å². The van der Waals surface area contributed by atoms with Crippen molar-refractivity contribution in [3.8, 4) is 11.5 Å². The summed E-state index contributed by atoms with van der Waals surface area (Å²) in [5.74, 6) is -2.79. The second-order valence-electron chi connectivity index (χ2n) is 7.73. The van der Waals surface area contributed by atoms with Crippen LogP contribution in [0.25, 0.3) is 0 Å². The highest BCUT2D eigenvalue weighted by Crippen LogP contribution is 2.54. The first-order valence-electron chi connectivity index (χ1n) is 9.91. The minimum atomic E-state index is -0.957. The zero-order chi connectivity index (χ0) is 22.3. The van der Waals surface area contributed by atoms with E-state index in [4.69, 9.17) is 9.47 Å². The van der Waals surface area contributed by atoms with Crippen LogP contribution in [0.2, 0.25) is 0 Å². The highest BCUT2D eigenvalue weighted by Gasteiger charge is 2.57. The Morgan fingerprint density at radius 1 is 1.23 bits per heavy atom. The number of aromatic nitrogens is 1. The number of amides is 1. The van der Waals surface area contributed by atoms with Crippen molar-refractivity contribution in [2.45, 2.75) is 37.6 Å². The third-order valence-corrected chi connectivity index (χ3v) is 5.97. The molecule has 0 bridgehead atoms. The molecule has 1 aliphatic heterocycles. The van der Waals surface area contributed by atoms with E-state index in [1.54, 1.807) is 6.20 Å². The Labute approximate surface area is 178 Å². The number of carbonyl (C=O) groups is 2. The van der Waals surface area contributed by atoms with Gasteiger partial charge in [0.2, 0.25) is 5.91 Å². The van der Waals surface area contributed by atoms with E-state index in [2.05, 4.69) is 11.6 Å². The van der Waals surface area contributed by atoms with Crippen LogP contribution in [0.1, 0.15) is 36.1 Å². The number of carbonyl (C=O) groups excluding carboxylic acids is 2. The molecule has 1 aliphatic carbocycles. The molecule has 2 aromatic rings. The number of fused-ring (bicyclic) bond motifs is 2. The predicted octanol–water partition coefficient (Wildman–Crippen LogP) is 3.64. The molecule has 1 aromatic heterocycles. The average Bonchev–Trinajstić information content (AvgIpc) is 3.57. The maximum atomic E-state index is 15.1. The molecule has 8 heteroatoms. The van der Waals surface area contributed by atoms with Crippen LogP contribution < -0.4 is 14.4 Å². The van der Waals surface area contributed by atoms with Crippen molar-refractivity contribution in [3.63, 3.8) is 0 Å². The summed E-state index contributed by atoms with van der Waals surface area (Å²) in [6.45, 7) is 3.43. The molecule has 31 heavy (non-hydrogen) atoms. The lowest BCUT2D eigenvalue weighted by atomic mass is 9.86. The van der Waals surface area contributed by atoms with Crippen LogP contribution in [0.15, 0.2) is 31.0 Å². The molecule has 1 fully saturated rings. The van der Waals surface area contributed by atoms with Crippen LogP contribution in [-0.4, -0.2) is 30.9 Å². The number of rotatable bonds is 7. The van der Waals surface area contributed by atoms with E-state index in [-0.39, 0.29) is 36.2 Å². The number of nitrogens with zero attached hydrogens (tertiary/aromatic N) is 2. The summed E-state index contributed by atoms with van der Waals surface area (Å²) >= 11 is 0. The maximum Gasteiger partial charge on any atom is 0.238 e. The summed E-state index contributed by atoms with van der Waals surface area (Å²) < 4.78 is 40.1. The Bertz CT molecular complexity index is 1070. The molecule has 1 aromatic carbocycles. The van der Waals surface area contributed by atoms with Crippen LogP contribution in [0.4, 0.5) is 14.5 Å². The van der Waals surface area contributed by atoms with Crippen molar-refractivity contribution in [2.75, 3.05) is 19.1 Å². The molecule has 1 spiro atoms. The number of pyridine rings is 1. The van der Waals surface area contributed by atoms with Gasteiger partial charge >= 0.3 is 0 Å². The average molecular weight is 428 g/mol. The number of hydrogen-bond donors (Lipinski definition) is 0. The standard InChI is InChI=1S/C23H22F2N2O4/c1-4-15(28)6-5-14-9-16-13(11-26-14)12-27(22(29)23(16)7-8-23)21-19(24)17(30-2)10-18(31-3)20(21)25/h4,9-11H,1,5-8,12H2,2-3H3. The second kappa shape index (κ2) is 7.76. The van der Waals surface area contributed by atoms with Crippen molar-refractivity contribution >= 4 is 17.4 Å². The molecule has 2 heterocycles. The van der Waals surface area contributed by atoms with E-state index in [1.165, 1.54) is 20.3 Å². The smallest absolute Gasteiger partial charge is 0.238 e. The lowest BCUT2D eigenvalue weighted by Crippen LogP contribution is -2.45. The first-order valence-corrected chi connectivity index (χ1v) is 9.91. The van der Waals surface area contributed by atoms with Gasteiger partial charge in [0.1, 0.15) is 5.69 Å². The first kappa shape index (κ1) is 21.0. The number of halogens is 2. The molecule has 0 saturated heterocycles. The van der Waals surface area contributed by atoms with Crippen molar-refractivity contribution in [1.29, 1.82) is 0 Å². The molecule has 0 atom stereocenters. The zero-order valence-electron chi connectivity index (χ0n) is 17.3.